The minimum absolute atomic E-state index is 0.704. The van der Waals surface area contributed by atoms with Crippen LogP contribution in [0.1, 0.15) is 20.3 Å². The van der Waals surface area contributed by atoms with Crippen LogP contribution in [0.2, 0.25) is 0 Å². The van der Waals surface area contributed by atoms with Crippen molar-refractivity contribution in [2.24, 2.45) is 11.7 Å². The lowest BCUT2D eigenvalue weighted by Crippen LogP contribution is -2.33. The lowest BCUT2D eigenvalue weighted by molar-refractivity contribution is 0.230. The van der Waals surface area contributed by atoms with Crippen molar-refractivity contribution in [1.29, 1.82) is 0 Å². The maximum atomic E-state index is 5.55. The molecule has 0 spiro atoms. The van der Waals surface area contributed by atoms with Gasteiger partial charge in [-0.2, -0.15) is 5.10 Å². The van der Waals surface area contributed by atoms with E-state index in [1.165, 1.54) is 0 Å². The fourth-order valence-corrected chi connectivity index (χ4v) is 1.80. The first-order valence-electron chi connectivity index (χ1n) is 6.12. The van der Waals surface area contributed by atoms with Gasteiger partial charge in [-0.15, -0.1) is 0 Å². The van der Waals surface area contributed by atoms with Crippen LogP contribution < -0.4 is 5.73 Å². The molecule has 1 rings (SSSR count). The van der Waals surface area contributed by atoms with Gasteiger partial charge < -0.3 is 10.6 Å². The van der Waals surface area contributed by atoms with Crippen molar-refractivity contribution in [3.63, 3.8) is 0 Å². The minimum atomic E-state index is 0.704. The van der Waals surface area contributed by atoms with Crippen molar-refractivity contribution in [3.05, 3.63) is 18.5 Å². The SMILES string of the molecule is CC(C)CN(CCCN)CCn1cccn1. The van der Waals surface area contributed by atoms with Gasteiger partial charge in [0, 0.05) is 25.5 Å². The van der Waals surface area contributed by atoms with Crippen molar-refractivity contribution < 1.29 is 0 Å². The smallest absolute Gasteiger partial charge is 0.0536 e. The number of hydrogen-bond acceptors (Lipinski definition) is 3. The number of hydrogen-bond donors (Lipinski definition) is 1. The third-order valence-electron chi connectivity index (χ3n) is 2.51. The van der Waals surface area contributed by atoms with Crippen molar-refractivity contribution in [1.82, 2.24) is 14.7 Å². The summed E-state index contributed by atoms with van der Waals surface area (Å²) in [7, 11) is 0. The molecule has 0 saturated carbocycles. The van der Waals surface area contributed by atoms with Crippen LogP contribution in [0.3, 0.4) is 0 Å². The molecule has 0 bridgehead atoms. The predicted molar refractivity (Wildman–Crippen MR) is 67.2 cm³/mol. The van der Waals surface area contributed by atoms with Crippen LogP contribution in [-0.4, -0.2) is 40.9 Å². The monoisotopic (exact) mass is 224 g/mol. The highest BCUT2D eigenvalue weighted by Crippen LogP contribution is 2.00. The predicted octanol–water partition coefficient (Wildman–Crippen LogP) is 1.19. The molecule has 1 aromatic heterocycles. The highest BCUT2D eigenvalue weighted by Gasteiger charge is 2.06. The molecule has 16 heavy (non-hydrogen) atoms. The second kappa shape index (κ2) is 7.41. The molecule has 0 atom stereocenters. The van der Waals surface area contributed by atoms with Crippen molar-refractivity contribution >= 4 is 0 Å². The van der Waals surface area contributed by atoms with E-state index in [4.69, 9.17) is 5.73 Å². The second-order valence-corrected chi connectivity index (χ2v) is 4.61. The lowest BCUT2D eigenvalue weighted by atomic mass is 10.2. The molecule has 0 aliphatic carbocycles. The van der Waals surface area contributed by atoms with E-state index in [1.807, 2.05) is 23.1 Å². The fraction of sp³-hybridized carbons (Fsp3) is 0.750. The van der Waals surface area contributed by atoms with Crippen LogP contribution in [0.15, 0.2) is 18.5 Å². The summed E-state index contributed by atoms with van der Waals surface area (Å²) < 4.78 is 1.98. The molecule has 92 valence electrons. The van der Waals surface area contributed by atoms with E-state index < -0.39 is 0 Å². The van der Waals surface area contributed by atoms with Crippen molar-refractivity contribution in [2.75, 3.05) is 26.2 Å². The normalized spacial score (nSPS) is 11.6. The average Bonchev–Trinajstić information content (AvgIpc) is 2.74. The minimum Gasteiger partial charge on any atom is -0.330 e. The summed E-state index contributed by atoms with van der Waals surface area (Å²) >= 11 is 0. The van der Waals surface area contributed by atoms with E-state index in [0.29, 0.717) is 5.92 Å². The van der Waals surface area contributed by atoms with Gasteiger partial charge in [-0.3, -0.25) is 4.68 Å². The van der Waals surface area contributed by atoms with Gasteiger partial charge >= 0.3 is 0 Å². The molecule has 0 aromatic carbocycles. The van der Waals surface area contributed by atoms with Crippen molar-refractivity contribution in [3.8, 4) is 0 Å². The van der Waals surface area contributed by atoms with Crippen LogP contribution in [-0.2, 0) is 6.54 Å². The Morgan fingerprint density at radius 1 is 1.38 bits per heavy atom. The number of nitrogens with zero attached hydrogens (tertiary/aromatic N) is 3. The third-order valence-corrected chi connectivity index (χ3v) is 2.51. The Labute approximate surface area is 98.4 Å². The Morgan fingerprint density at radius 3 is 2.75 bits per heavy atom. The van der Waals surface area contributed by atoms with E-state index in [0.717, 1.165) is 39.1 Å². The molecule has 1 aromatic rings. The van der Waals surface area contributed by atoms with Crippen molar-refractivity contribution in [2.45, 2.75) is 26.8 Å². The molecule has 0 amide bonds. The Hall–Kier alpha value is -0.870. The lowest BCUT2D eigenvalue weighted by Gasteiger charge is -2.23. The van der Waals surface area contributed by atoms with E-state index in [9.17, 15) is 0 Å². The first-order chi connectivity index (χ1) is 7.72. The van der Waals surface area contributed by atoms with Crippen LogP contribution in [0.4, 0.5) is 0 Å². The number of rotatable bonds is 8. The standard InChI is InChI=1S/C12H24N4/c1-12(2)11-15(7-3-5-13)9-10-16-8-4-6-14-16/h4,6,8,12H,3,5,7,9-11,13H2,1-2H3. The molecule has 4 nitrogen and oxygen atoms in total. The highest BCUT2D eigenvalue weighted by atomic mass is 15.3. The Balaban J connectivity index is 2.31. The first kappa shape index (κ1) is 13.2. The van der Waals surface area contributed by atoms with Gasteiger partial charge in [-0.05, 0) is 31.5 Å². The van der Waals surface area contributed by atoms with E-state index >= 15 is 0 Å². The molecular formula is C12H24N4. The fourth-order valence-electron chi connectivity index (χ4n) is 1.80. The summed E-state index contributed by atoms with van der Waals surface area (Å²) in [5, 5.41) is 4.21. The molecular weight excluding hydrogens is 200 g/mol. The first-order valence-corrected chi connectivity index (χ1v) is 6.12. The Morgan fingerprint density at radius 2 is 2.19 bits per heavy atom. The molecule has 0 radical (unpaired) electrons. The van der Waals surface area contributed by atoms with Gasteiger partial charge in [0.05, 0.1) is 6.54 Å². The van der Waals surface area contributed by atoms with Gasteiger partial charge in [-0.25, -0.2) is 0 Å². The molecule has 2 N–H and O–H groups in total. The van der Waals surface area contributed by atoms with Crippen LogP contribution >= 0.6 is 0 Å². The molecule has 0 aliphatic rings. The Bertz CT molecular complexity index is 256. The summed E-state index contributed by atoms with van der Waals surface area (Å²) in [6, 6.07) is 1.96. The summed E-state index contributed by atoms with van der Waals surface area (Å²) in [5.74, 6) is 0.704. The van der Waals surface area contributed by atoms with Gasteiger partial charge in [0.2, 0.25) is 0 Å². The van der Waals surface area contributed by atoms with Gasteiger partial charge in [0.25, 0.3) is 0 Å². The van der Waals surface area contributed by atoms with Gasteiger partial charge in [0.1, 0.15) is 0 Å². The summed E-state index contributed by atoms with van der Waals surface area (Å²) in [6.45, 7) is 9.53. The summed E-state index contributed by atoms with van der Waals surface area (Å²) in [6.07, 6.45) is 4.91. The zero-order chi connectivity index (χ0) is 11.8. The van der Waals surface area contributed by atoms with Crippen LogP contribution in [0.25, 0.3) is 0 Å². The molecule has 0 unspecified atom stereocenters. The Kier molecular flexibility index (Phi) is 6.11. The molecule has 0 fully saturated rings. The summed E-state index contributed by atoms with van der Waals surface area (Å²) in [5.41, 5.74) is 5.55. The largest absolute Gasteiger partial charge is 0.330 e. The van der Waals surface area contributed by atoms with E-state index in [-0.39, 0.29) is 0 Å². The zero-order valence-corrected chi connectivity index (χ0v) is 10.5. The van der Waals surface area contributed by atoms with Crippen LogP contribution in [0.5, 0.6) is 0 Å². The maximum absolute atomic E-state index is 5.55. The molecule has 1 heterocycles. The quantitative estimate of drug-likeness (QED) is 0.721. The zero-order valence-electron chi connectivity index (χ0n) is 10.5. The topological polar surface area (TPSA) is 47.1 Å². The highest BCUT2D eigenvalue weighted by molar-refractivity contribution is 4.78. The summed E-state index contributed by atoms with van der Waals surface area (Å²) in [4.78, 5) is 2.47. The second-order valence-electron chi connectivity index (χ2n) is 4.61. The maximum Gasteiger partial charge on any atom is 0.0536 e. The molecule has 0 aliphatic heterocycles. The number of nitrogens with two attached hydrogens (primary N) is 1. The molecule has 4 heteroatoms. The third kappa shape index (κ3) is 5.28. The average molecular weight is 224 g/mol. The molecule has 0 saturated heterocycles. The van der Waals surface area contributed by atoms with Crippen LogP contribution in [0, 0.1) is 5.92 Å². The van der Waals surface area contributed by atoms with E-state index in [2.05, 4.69) is 23.8 Å². The van der Waals surface area contributed by atoms with Gasteiger partial charge in [-0.1, -0.05) is 13.8 Å². The van der Waals surface area contributed by atoms with E-state index in [1.54, 1.807) is 0 Å². The van der Waals surface area contributed by atoms with Gasteiger partial charge in [0.15, 0.2) is 0 Å². The number of aromatic nitrogens is 2.